The van der Waals surface area contributed by atoms with Gasteiger partial charge in [0.15, 0.2) is 0 Å². The molecule has 0 aliphatic heterocycles. The highest BCUT2D eigenvalue weighted by Gasteiger charge is 2.29. The highest BCUT2D eigenvalue weighted by atomic mass is 16.6. The number of hydrogen-bond donors (Lipinski definition) is 0. The molecule has 0 aliphatic rings. The molecule has 0 aliphatic carbocycles. The maximum absolute atomic E-state index is 10.9. The summed E-state index contributed by atoms with van der Waals surface area (Å²) < 4.78 is 0. The summed E-state index contributed by atoms with van der Waals surface area (Å²) in [4.78, 5) is 20.7. The standard InChI is InChI=1S/C11H14N2O4/c1-3-8(4-2)11-9(12(14)15)6-5-7-10(11)13(16)17/h5-8H,3-4H2,1-2H3. The number of benzene rings is 1. The van der Waals surface area contributed by atoms with Gasteiger partial charge < -0.3 is 0 Å². The quantitative estimate of drug-likeness (QED) is 0.581. The van der Waals surface area contributed by atoms with Crippen molar-refractivity contribution in [3.05, 3.63) is 44.0 Å². The molecule has 0 saturated heterocycles. The lowest BCUT2D eigenvalue weighted by atomic mass is 9.91. The predicted molar refractivity (Wildman–Crippen MR) is 63.1 cm³/mol. The molecule has 0 fully saturated rings. The van der Waals surface area contributed by atoms with Crippen molar-refractivity contribution in [3.63, 3.8) is 0 Å². The number of hydrogen-bond acceptors (Lipinski definition) is 4. The number of nitro benzene ring substituents is 2. The van der Waals surface area contributed by atoms with Crippen LogP contribution in [0, 0.1) is 20.2 Å². The fraction of sp³-hybridized carbons (Fsp3) is 0.455. The fourth-order valence-electron chi connectivity index (χ4n) is 1.97. The topological polar surface area (TPSA) is 86.3 Å². The third-order valence-corrected chi connectivity index (χ3v) is 2.85. The Balaban J connectivity index is 3.48. The number of nitro groups is 2. The van der Waals surface area contributed by atoms with Crippen molar-refractivity contribution in [2.24, 2.45) is 0 Å². The van der Waals surface area contributed by atoms with E-state index in [2.05, 4.69) is 0 Å². The summed E-state index contributed by atoms with van der Waals surface area (Å²) in [5.74, 6) is -0.156. The fourth-order valence-corrected chi connectivity index (χ4v) is 1.97. The predicted octanol–water partition coefficient (Wildman–Crippen LogP) is 3.41. The van der Waals surface area contributed by atoms with Gasteiger partial charge in [0.25, 0.3) is 11.4 Å². The lowest BCUT2D eigenvalue weighted by Crippen LogP contribution is -2.05. The maximum atomic E-state index is 10.9. The number of rotatable bonds is 5. The van der Waals surface area contributed by atoms with E-state index in [0.29, 0.717) is 12.8 Å². The van der Waals surface area contributed by atoms with Crippen molar-refractivity contribution >= 4 is 11.4 Å². The summed E-state index contributed by atoms with van der Waals surface area (Å²) in [6.45, 7) is 3.74. The Labute approximate surface area is 98.6 Å². The molecule has 6 heteroatoms. The Morgan fingerprint density at radius 1 is 1.06 bits per heavy atom. The first kappa shape index (κ1) is 13.1. The van der Waals surface area contributed by atoms with E-state index in [1.165, 1.54) is 18.2 Å². The molecule has 1 rings (SSSR count). The van der Waals surface area contributed by atoms with Crippen LogP contribution in [0.4, 0.5) is 11.4 Å². The van der Waals surface area contributed by atoms with E-state index >= 15 is 0 Å². The normalized spacial score (nSPS) is 10.5. The molecule has 0 unspecified atom stereocenters. The molecule has 0 bridgehead atoms. The van der Waals surface area contributed by atoms with E-state index in [1.807, 2.05) is 13.8 Å². The van der Waals surface area contributed by atoms with Crippen LogP contribution in [0.5, 0.6) is 0 Å². The van der Waals surface area contributed by atoms with Gasteiger partial charge in [0.05, 0.1) is 9.85 Å². The Morgan fingerprint density at radius 2 is 1.47 bits per heavy atom. The van der Waals surface area contributed by atoms with Crippen LogP contribution in [0.3, 0.4) is 0 Å². The molecule has 92 valence electrons. The van der Waals surface area contributed by atoms with Gasteiger partial charge in [-0.1, -0.05) is 13.8 Å². The highest BCUT2D eigenvalue weighted by Crippen LogP contribution is 2.37. The minimum atomic E-state index is -0.555. The van der Waals surface area contributed by atoms with Crippen LogP contribution < -0.4 is 0 Å². The van der Waals surface area contributed by atoms with Gasteiger partial charge in [-0.3, -0.25) is 20.2 Å². The van der Waals surface area contributed by atoms with Crippen molar-refractivity contribution in [1.29, 1.82) is 0 Å². The van der Waals surface area contributed by atoms with Crippen LogP contribution in [0.25, 0.3) is 0 Å². The molecule has 1 aromatic carbocycles. The van der Waals surface area contributed by atoms with Crippen molar-refractivity contribution < 1.29 is 9.85 Å². The monoisotopic (exact) mass is 238 g/mol. The second kappa shape index (κ2) is 5.38. The average molecular weight is 238 g/mol. The molecular weight excluding hydrogens is 224 g/mol. The second-order valence-electron chi connectivity index (χ2n) is 3.74. The molecule has 0 amide bonds. The Hall–Kier alpha value is -1.98. The molecule has 0 saturated carbocycles. The van der Waals surface area contributed by atoms with Gasteiger partial charge in [-0.05, 0) is 24.8 Å². The Kier molecular flexibility index (Phi) is 4.14. The van der Waals surface area contributed by atoms with Gasteiger partial charge in [0, 0.05) is 12.1 Å². The smallest absolute Gasteiger partial charge is 0.258 e. The number of nitrogens with zero attached hydrogens (tertiary/aromatic N) is 2. The van der Waals surface area contributed by atoms with Crippen molar-refractivity contribution in [2.75, 3.05) is 0 Å². The Morgan fingerprint density at radius 3 is 1.76 bits per heavy atom. The minimum absolute atomic E-state index is 0.156. The zero-order valence-electron chi connectivity index (χ0n) is 9.75. The zero-order chi connectivity index (χ0) is 13.0. The van der Waals surface area contributed by atoms with Crippen LogP contribution >= 0.6 is 0 Å². The summed E-state index contributed by atoms with van der Waals surface area (Å²) in [5, 5.41) is 21.8. The summed E-state index contributed by atoms with van der Waals surface area (Å²) in [7, 11) is 0. The second-order valence-corrected chi connectivity index (χ2v) is 3.74. The van der Waals surface area contributed by atoms with Crippen LogP contribution in [0.2, 0.25) is 0 Å². The molecule has 0 heterocycles. The van der Waals surface area contributed by atoms with E-state index in [0.717, 1.165) is 0 Å². The van der Waals surface area contributed by atoms with Gasteiger partial charge >= 0.3 is 0 Å². The third-order valence-electron chi connectivity index (χ3n) is 2.85. The summed E-state index contributed by atoms with van der Waals surface area (Å²) >= 11 is 0. The van der Waals surface area contributed by atoms with Gasteiger partial charge in [-0.15, -0.1) is 0 Å². The van der Waals surface area contributed by atoms with E-state index in [1.54, 1.807) is 0 Å². The molecule has 0 aromatic heterocycles. The molecule has 1 aromatic rings. The first-order valence-corrected chi connectivity index (χ1v) is 5.44. The van der Waals surface area contributed by atoms with Crippen LogP contribution in [0.1, 0.15) is 38.2 Å². The van der Waals surface area contributed by atoms with Gasteiger partial charge in [-0.25, -0.2) is 0 Å². The van der Waals surface area contributed by atoms with Crippen LogP contribution in [-0.4, -0.2) is 9.85 Å². The highest BCUT2D eigenvalue weighted by molar-refractivity contribution is 5.55. The van der Waals surface area contributed by atoms with Crippen molar-refractivity contribution in [2.45, 2.75) is 32.6 Å². The first-order valence-electron chi connectivity index (χ1n) is 5.44. The Bertz CT molecular complexity index is 409. The molecule has 0 spiro atoms. The largest absolute Gasteiger partial charge is 0.279 e. The van der Waals surface area contributed by atoms with E-state index in [9.17, 15) is 20.2 Å². The minimum Gasteiger partial charge on any atom is -0.258 e. The lowest BCUT2D eigenvalue weighted by molar-refractivity contribution is -0.395. The van der Waals surface area contributed by atoms with Crippen molar-refractivity contribution in [3.8, 4) is 0 Å². The van der Waals surface area contributed by atoms with E-state index < -0.39 is 9.85 Å². The molecule has 17 heavy (non-hydrogen) atoms. The summed E-state index contributed by atoms with van der Waals surface area (Å²) in [5.41, 5.74) is -0.0756. The SMILES string of the molecule is CCC(CC)c1c([N+](=O)[O-])cccc1[N+](=O)[O-]. The van der Waals surface area contributed by atoms with Gasteiger partial charge in [-0.2, -0.15) is 0 Å². The van der Waals surface area contributed by atoms with Gasteiger partial charge in [0.1, 0.15) is 5.56 Å². The molecule has 6 nitrogen and oxygen atoms in total. The van der Waals surface area contributed by atoms with E-state index in [4.69, 9.17) is 0 Å². The lowest BCUT2D eigenvalue weighted by Gasteiger charge is -2.12. The third kappa shape index (κ3) is 2.58. The molecule has 0 radical (unpaired) electrons. The summed E-state index contributed by atoms with van der Waals surface area (Å²) in [6, 6.07) is 3.99. The average Bonchev–Trinajstić information content (AvgIpc) is 2.30. The molecule has 0 N–H and O–H groups in total. The van der Waals surface area contributed by atoms with Gasteiger partial charge in [0.2, 0.25) is 0 Å². The van der Waals surface area contributed by atoms with Crippen LogP contribution in [-0.2, 0) is 0 Å². The zero-order valence-corrected chi connectivity index (χ0v) is 9.75. The van der Waals surface area contributed by atoms with Crippen molar-refractivity contribution in [1.82, 2.24) is 0 Å². The van der Waals surface area contributed by atoms with Crippen LogP contribution in [0.15, 0.2) is 18.2 Å². The van der Waals surface area contributed by atoms with E-state index in [-0.39, 0.29) is 22.9 Å². The summed E-state index contributed by atoms with van der Waals surface area (Å²) in [6.07, 6.45) is 1.28. The molecular formula is C11H14N2O4. The first-order chi connectivity index (χ1) is 8.02. The molecule has 0 atom stereocenters. The maximum Gasteiger partial charge on any atom is 0.279 e.